The second-order valence-corrected chi connectivity index (χ2v) is 4.68. The Kier molecular flexibility index (Phi) is 6.95. The number of nitrogens with two attached hydrogens (primary N) is 1. The molecule has 0 spiro atoms. The summed E-state index contributed by atoms with van der Waals surface area (Å²) >= 11 is 0. The quantitative estimate of drug-likeness (QED) is 0.814. The summed E-state index contributed by atoms with van der Waals surface area (Å²) in [6.07, 6.45) is 0.985. The largest absolute Gasteiger partial charge is 0.377 e. The van der Waals surface area contributed by atoms with Gasteiger partial charge in [0.25, 0.3) is 0 Å². The minimum atomic E-state index is -0.405. The highest BCUT2D eigenvalue weighted by molar-refractivity contribution is 5.85. The molecule has 96 valence electrons. The van der Waals surface area contributed by atoms with Crippen LogP contribution in [0, 0.1) is 5.92 Å². The number of rotatable bonds is 3. The number of hydrogen-bond acceptors (Lipinski definition) is 3. The molecule has 1 amide bonds. The van der Waals surface area contributed by atoms with Crippen LogP contribution in [-0.2, 0) is 9.53 Å². The minimum Gasteiger partial charge on any atom is -0.377 e. The zero-order valence-corrected chi connectivity index (χ0v) is 11.1. The fourth-order valence-corrected chi connectivity index (χ4v) is 1.95. The van der Waals surface area contributed by atoms with Crippen molar-refractivity contribution < 1.29 is 9.53 Å². The molecule has 0 bridgehead atoms. The molecule has 2 N–H and O–H groups in total. The van der Waals surface area contributed by atoms with Gasteiger partial charge in [0.2, 0.25) is 5.91 Å². The van der Waals surface area contributed by atoms with Gasteiger partial charge in [-0.3, -0.25) is 4.79 Å². The van der Waals surface area contributed by atoms with Crippen LogP contribution in [0.3, 0.4) is 0 Å². The second-order valence-electron chi connectivity index (χ2n) is 4.68. The van der Waals surface area contributed by atoms with E-state index in [0.29, 0.717) is 25.7 Å². The third-order valence-electron chi connectivity index (χ3n) is 2.64. The van der Waals surface area contributed by atoms with Gasteiger partial charge in [-0.15, -0.1) is 12.4 Å². The summed E-state index contributed by atoms with van der Waals surface area (Å²) in [5.74, 6) is 0.615. The first-order valence-electron chi connectivity index (χ1n) is 5.66. The predicted molar refractivity (Wildman–Crippen MR) is 66.7 cm³/mol. The summed E-state index contributed by atoms with van der Waals surface area (Å²) in [6.45, 7) is 8.01. The Balaban J connectivity index is 0.00000225. The Labute approximate surface area is 104 Å². The fraction of sp³-hybridized carbons (Fsp3) is 0.909. The molecule has 16 heavy (non-hydrogen) atoms. The van der Waals surface area contributed by atoms with Gasteiger partial charge < -0.3 is 15.4 Å². The van der Waals surface area contributed by atoms with Crippen molar-refractivity contribution in [3.8, 4) is 0 Å². The number of halogens is 1. The van der Waals surface area contributed by atoms with Crippen LogP contribution >= 0.6 is 12.4 Å². The molecule has 1 heterocycles. The predicted octanol–water partition coefficient (Wildman–Crippen LogP) is 1.03. The van der Waals surface area contributed by atoms with E-state index in [4.69, 9.17) is 10.5 Å². The smallest absolute Gasteiger partial charge is 0.239 e. The van der Waals surface area contributed by atoms with Gasteiger partial charge in [-0.05, 0) is 19.3 Å². The van der Waals surface area contributed by atoms with E-state index in [1.807, 2.05) is 4.90 Å². The van der Waals surface area contributed by atoms with Crippen molar-refractivity contribution in [3.63, 3.8) is 0 Å². The van der Waals surface area contributed by atoms with E-state index in [-0.39, 0.29) is 24.4 Å². The molecule has 2 atom stereocenters. The second kappa shape index (κ2) is 7.09. The van der Waals surface area contributed by atoms with E-state index < -0.39 is 6.04 Å². The summed E-state index contributed by atoms with van der Waals surface area (Å²) in [6, 6.07) is -0.199. The molecule has 0 aromatic carbocycles. The lowest BCUT2D eigenvalue weighted by molar-refractivity contribution is -0.141. The van der Waals surface area contributed by atoms with Crippen molar-refractivity contribution in [1.82, 2.24) is 4.90 Å². The van der Waals surface area contributed by atoms with E-state index in [1.165, 1.54) is 0 Å². The van der Waals surface area contributed by atoms with Crippen LogP contribution in [0.5, 0.6) is 0 Å². The number of carbonyl (C=O) groups excluding carboxylic acids is 1. The highest BCUT2D eigenvalue weighted by Gasteiger charge is 2.29. The zero-order chi connectivity index (χ0) is 11.4. The molecule has 1 fully saturated rings. The van der Waals surface area contributed by atoms with E-state index in [2.05, 4.69) is 13.8 Å². The van der Waals surface area contributed by atoms with Gasteiger partial charge in [0.1, 0.15) is 0 Å². The van der Waals surface area contributed by atoms with Gasteiger partial charge in [0.15, 0.2) is 0 Å². The van der Waals surface area contributed by atoms with Gasteiger partial charge >= 0.3 is 0 Å². The van der Waals surface area contributed by atoms with E-state index in [1.54, 1.807) is 6.92 Å². The number of amides is 1. The summed E-state index contributed by atoms with van der Waals surface area (Å²) in [5.41, 5.74) is 5.63. The normalized spacial score (nSPS) is 22.8. The lowest BCUT2D eigenvalue weighted by Crippen LogP contribution is -2.53. The summed E-state index contributed by atoms with van der Waals surface area (Å²) in [4.78, 5) is 13.7. The van der Waals surface area contributed by atoms with Crippen molar-refractivity contribution in [1.29, 1.82) is 0 Å². The van der Waals surface area contributed by atoms with Gasteiger partial charge in [-0.2, -0.15) is 0 Å². The molecule has 0 aromatic heterocycles. The van der Waals surface area contributed by atoms with Crippen LogP contribution in [0.4, 0.5) is 0 Å². The molecular weight excluding hydrogens is 228 g/mol. The molecular formula is C11H23ClN2O2. The van der Waals surface area contributed by atoms with Crippen LogP contribution in [-0.4, -0.2) is 42.6 Å². The van der Waals surface area contributed by atoms with Crippen LogP contribution in [0.1, 0.15) is 27.2 Å². The molecule has 0 saturated carbocycles. The van der Waals surface area contributed by atoms with Gasteiger partial charge in [-0.1, -0.05) is 13.8 Å². The monoisotopic (exact) mass is 250 g/mol. The molecule has 0 aromatic rings. The number of nitrogens with zero attached hydrogens (tertiary/aromatic N) is 1. The molecule has 1 unspecified atom stereocenters. The Morgan fingerprint density at radius 2 is 2.12 bits per heavy atom. The fourth-order valence-electron chi connectivity index (χ4n) is 1.95. The van der Waals surface area contributed by atoms with Gasteiger partial charge in [0, 0.05) is 6.54 Å². The third-order valence-corrected chi connectivity index (χ3v) is 2.64. The first-order chi connectivity index (χ1) is 7.02. The molecule has 4 nitrogen and oxygen atoms in total. The number of hydrogen-bond donors (Lipinski definition) is 1. The topological polar surface area (TPSA) is 55.6 Å². The lowest BCUT2D eigenvalue weighted by atomic mass is 10.0. The maximum atomic E-state index is 11.8. The van der Waals surface area contributed by atoms with Crippen LogP contribution in [0.2, 0.25) is 0 Å². The van der Waals surface area contributed by atoms with Crippen LogP contribution < -0.4 is 5.73 Å². The highest BCUT2D eigenvalue weighted by Crippen LogP contribution is 2.16. The highest BCUT2D eigenvalue weighted by atomic mass is 35.5. The average molecular weight is 251 g/mol. The van der Waals surface area contributed by atoms with Gasteiger partial charge in [-0.25, -0.2) is 0 Å². The minimum absolute atomic E-state index is 0. The van der Waals surface area contributed by atoms with Crippen molar-refractivity contribution in [2.75, 3.05) is 19.8 Å². The van der Waals surface area contributed by atoms with Crippen molar-refractivity contribution in [2.24, 2.45) is 11.7 Å². The Morgan fingerprint density at radius 3 is 2.62 bits per heavy atom. The van der Waals surface area contributed by atoms with Crippen LogP contribution in [0.25, 0.3) is 0 Å². The Bertz CT molecular complexity index is 222. The number of carbonyl (C=O) groups is 1. The van der Waals surface area contributed by atoms with E-state index in [9.17, 15) is 4.79 Å². The Morgan fingerprint density at radius 1 is 1.50 bits per heavy atom. The van der Waals surface area contributed by atoms with Crippen LogP contribution in [0.15, 0.2) is 0 Å². The summed E-state index contributed by atoms with van der Waals surface area (Å²) in [5, 5.41) is 0. The van der Waals surface area contributed by atoms with Crippen molar-refractivity contribution in [2.45, 2.75) is 39.3 Å². The molecule has 1 rings (SSSR count). The zero-order valence-electron chi connectivity index (χ0n) is 10.3. The van der Waals surface area contributed by atoms with Gasteiger partial charge in [0.05, 0.1) is 25.3 Å². The molecule has 0 radical (unpaired) electrons. The molecule has 1 saturated heterocycles. The maximum Gasteiger partial charge on any atom is 0.239 e. The first-order valence-corrected chi connectivity index (χ1v) is 5.66. The lowest BCUT2D eigenvalue weighted by Gasteiger charge is -2.37. The third kappa shape index (κ3) is 4.28. The SMILES string of the molecule is CC(C)CC1COCCN1C(=O)[C@H](C)N.Cl. The van der Waals surface area contributed by atoms with Crippen molar-refractivity contribution in [3.05, 3.63) is 0 Å². The summed E-state index contributed by atoms with van der Waals surface area (Å²) in [7, 11) is 0. The molecule has 1 aliphatic heterocycles. The average Bonchev–Trinajstić information content (AvgIpc) is 2.16. The standard InChI is InChI=1S/C11H22N2O2.ClH/c1-8(2)6-10-7-15-5-4-13(10)11(14)9(3)12;/h8-10H,4-7,12H2,1-3H3;1H/t9-,10?;/m0./s1. The number of morpholine rings is 1. The number of ether oxygens (including phenoxy) is 1. The molecule has 1 aliphatic rings. The first kappa shape index (κ1) is 15.7. The molecule has 0 aliphatic carbocycles. The van der Waals surface area contributed by atoms with E-state index >= 15 is 0 Å². The molecule has 5 heteroatoms. The van der Waals surface area contributed by atoms with E-state index in [0.717, 1.165) is 6.42 Å². The Hall–Kier alpha value is -0.320. The summed E-state index contributed by atoms with van der Waals surface area (Å²) < 4.78 is 5.41. The van der Waals surface area contributed by atoms with Crippen molar-refractivity contribution >= 4 is 18.3 Å². The maximum absolute atomic E-state index is 11.8.